The normalized spacial score (nSPS) is 13.6. The van der Waals surface area contributed by atoms with E-state index in [9.17, 15) is 0 Å². The van der Waals surface area contributed by atoms with E-state index in [0.717, 1.165) is 15.8 Å². The van der Waals surface area contributed by atoms with Crippen molar-refractivity contribution in [2.45, 2.75) is 26.8 Å². The third-order valence-corrected chi connectivity index (χ3v) is 3.16. The lowest BCUT2D eigenvalue weighted by molar-refractivity contribution is 0.275. The molecule has 1 aromatic rings. The highest BCUT2D eigenvalue weighted by Crippen LogP contribution is 2.35. The van der Waals surface area contributed by atoms with Crippen molar-refractivity contribution in [2.75, 3.05) is 7.11 Å². The Labute approximate surface area is 105 Å². The first-order chi connectivity index (χ1) is 7.40. The minimum atomic E-state index is 0.0583. The second-order valence-electron chi connectivity index (χ2n) is 4.86. The van der Waals surface area contributed by atoms with Crippen LogP contribution in [0.3, 0.4) is 0 Å². The lowest BCUT2D eigenvalue weighted by Crippen LogP contribution is -2.36. The van der Waals surface area contributed by atoms with Crippen LogP contribution in [0.1, 0.15) is 32.4 Å². The predicted molar refractivity (Wildman–Crippen MR) is 70.2 cm³/mol. The van der Waals surface area contributed by atoms with Crippen molar-refractivity contribution in [3.05, 3.63) is 28.2 Å². The smallest absolute Gasteiger partial charge is 0.133 e. The monoisotopic (exact) mass is 286 g/mol. The fraction of sp³-hybridized carbons (Fsp3) is 0.500. The zero-order chi connectivity index (χ0) is 12.3. The van der Waals surface area contributed by atoms with Crippen LogP contribution in [-0.2, 0) is 0 Å². The van der Waals surface area contributed by atoms with Crippen LogP contribution >= 0.6 is 15.9 Å². The third-order valence-electron chi connectivity index (χ3n) is 2.54. The summed E-state index contributed by atoms with van der Waals surface area (Å²) in [6.45, 7) is 6.45. The van der Waals surface area contributed by atoms with E-state index in [2.05, 4.69) is 42.1 Å². The molecule has 16 heavy (non-hydrogen) atoms. The molecular weight excluding hydrogens is 268 g/mol. The van der Waals surface area contributed by atoms with Gasteiger partial charge in [-0.25, -0.2) is 0 Å². The van der Waals surface area contributed by atoms with Crippen LogP contribution in [-0.4, -0.2) is 7.11 Å². The van der Waals surface area contributed by atoms with Gasteiger partial charge < -0.3 is 4.74 Å². The maximum atomic E-state index is 5.62. The van der Waals surface area contributed by atoms with Crippen LogP contribution in [0.5, 0.6) is 5.75 Å². The summed E-state index contributed by atoms with van der Waals surface area (Å²) in [7, 11) is 1.65. The molecule has 0 bridgehead atoms. The molecule has 0 aliphatic heterocycles. The van der Waals surface area contributed by atoms with E-state index in [-0.39, 0.29) is 11.5 Å². The van der Waals surface area contributed by atoms with Crippen molar-refractivity contribution in [1.82, 2.24) is 5.43 Å². The number of hydrogen-bond acceptors (Lipinski definition) is 3. The van der Waals surface area contributed by atoms with Gasteiger partial charge in [-0.15, -0.1) is 0 Å². The second kappa shape index (κ2) is 5.17. The highest BCUT2D eigenvalue weighted by Gasteiger charge is 2.25. The average Bonchev–Trinajstić information content (AvgIpc) is 2.17. The Hall–Kier alpha value is -0.580. The first-order valence-corrected chi connectivity index (χ1v) is 5.99. The zero-order valence-corrected chi connectivity index (χ0v) is 11.8. The molecular formula is C12H19BrN2O. The predicted octanol–water partition coefficient (Wildman–Crippen LogP) is 3.01. The highest BCUT2D eigenvalue weighted by molar-refractivity contribution is 9.10. The molecule has 0 aliphatic carbocycles. The zero-order valence-electron chi connectivity index (χ0n) is 10.2. The van der Waals surface area contributed by atoms with Crippen molar-refractivity contribution in [3.8, 4) is 5.75 Å². The lowest BCUT2D eigenvalue weighted by atomic mass is 9.83. The number of halogens is 1. The van der Waals surface area contributed by atoms with Gasteiger partial charge in [0.25, 0.3) is 0 Å². The van der Waals surface area contributed by atoms with Crippen LogP contribution in [0.4, 0.5) is 0 Å². The molecule has 90 valence electrons. The van der Waals surface area contributed by atoms with Gasteiger partial charge in [0.05, 0.1) is 17.6 Å². The average molecular weight is 287 g/mol. The Morgan fingerprint density at radius 1 is 1.38 bits per heavy atom. The lowest BCUT2D eigenvalue weighted by Gasteiger charge is -2.30. The van der Waals surface area contributed by atoms with E-state index in [1.807, 2.05) is 18.2 Å². The van der Waals surface area contributed by atoms with Crippen molar-refractivity contribution in [2.24, 2.45) is 11.3 Å². The highest BCUT2D eigenvalue weighted by atomic mass is 79.9. The first-order valence-electron chi connectivity index (χ1n) is 5.19. The second-order valence-corrected chi connectivity index (χ2v) is 5.71. The molecule has 3 N–H and O–H groups in total. The summed E-state index contributed by atoms with van der Waals surface area (Å²) in [4.78, 5) is 0. The van der Waals surface area contributed by atoms with Crippen LogP contribution in [0.2, 0.25) is 0 Å². The van der Waals surface area contributed by atoms with Gasteiger partial charge in [0.15, 0.2) is 0 Å². The fourth-order valence-electron chi connectivity index (χ4n) is 1.71. The minimum absolute atomic E-state index is 0.0583. The van der Waals surface area contributed by atoms with Gasteiger partial charge in [-0.1, -0.05) is 26.8 Å². The molecule has 0 saturated carbocycles. The molecule has 0 heterocycles. The van der Waals surface area contributed by atoms with Crippen LogP contribution < -0.4 is 16.0 Å². The van der Waals surface area contributed by atoms with Gasteiger partial charge in [-0.2, -0.15) is 0 Å². The molecule has 0 saturated heterocycles. The number of hydrazine groups is 1. The van der Waals surface area contributed by atoms with Crippen molar-refractivity contribution < 1.29 is 4.74 Å². The van der Waals surface area contributed by atoms with E-state index in [0.29, 0.717) is 0 Å². The Morgan fingerprint density at radius 2 is 2.00 bits per heavy atom. The van der Waals surface area contributed by atoms with Crippen molar-refractivity contribution >= 4 is 15.9 Å². The number of benzene rings is 1. The number of nitrogens with two attached hydrogens (primary N) is 1. The molecule has 0 spiro atoms. The molecule has 1 atom stereocenters. The molecule has 1 rings (SSSR count). The molecule has 1 aromatic carbocycles. The Bertz CT molecular complexity index is 361. The Kier molecular flexibility index (Phi) is 4.35. The maximum absolute atomic E-state index is 5.62. The minimum Gasteiger partial charge on any atom is -0.496 e. The summed E-state index contributed by atoms with van der Waals surface area (Å²) in [5.74, 6) is 6.44. The van der Waals surface area contributed by atoms with Gasteiger partial charge in [-0.05, 0) is 39.0 Å². The van der Waals surface area contributed by atoms with Crippen LogP contribution in [0.15, 0.2) is 22.7 Å². The molecule has 4 heteroatoms. The first kappa shape index (κ1) is 13.5. The van der Waals surface area contributed by atoms with E-state index >= 15 is 0 Å². The van der Waals surface area contributed by atoms with Gasteiger partial charge in [-0.3, -0.25) is 11.3 Å². The van der Waals surface area contributed by atoms with Crippen LogP contribution in [0.25, 0.3) is 0 Å². The summed E-state index contributed by atoms with van der Waals surface area (Å²) in [6, 6.07) is 6.11. The van der Waals surface area contributed by atoms with Crippen molar-refractivity contribution in [1.29, 1.82) is 0 Å². The van der Waals surface area contributed by atoms with E-state index in [1.165, 1.54) is 0 Å². The summed E-state index contributed by atoms with van der Waals surface area (Å²) in [5, 5.41) is 0. The number of nitrogens with one attached hydrogen (secondary N) is 1. The summed E-state index contributed by atoms with van der Waals surface area (Å²) in [6.07, 6.45) is 0. The molecule has 0 radical (unpaired) electrons. The van der Waals surface area contributed by atoms with Gasteiger partial charge in [0.1, 0.15) is 5.75 Å². The molecule has 0 aliphatic rings. The van der Waals surface area contributed by atoms with E-state index in [4.69, 9.17) is 10.6 Å². The van der Waals surface area contributed by atoms with E-state index < -0.39 is 0 Å². The molecule has 0 aromatic heterocycles. The standard InChI is InChI=1S/C12H19BrN2O/c1-12(2,3)11(15-14)8-5-6-10(16-4)9(13)7-8/h5-7,11,15H,14H2,1-4H3. The third kappa shape index (κ3) is 2.97. The Morgan fingerprint density at radius 3 is 2.38 bits per heavy atom. The van der Waals surface area contributed by atoms with Gasteiger partial charge in [0, 0.05) is 0 Å². The largest absolute Gasteiger partial charge is 0.496 e. The molecule has 0 fully saturated rings. The summed E-state index contributed by atoms with van der Waals surface area (Å²) in [5.41, 5.74) is 4.06. The molecule has 3 nitrogen and oxygen atoms in total. The number of methoxy groups -OCH3 is 1. The molecule has 1 unspecified atom stereocenters. The summed E-state index contributed by atoms with van der Waals surface area (Å²) < 4.78 is 6.14. The SMILES string of the molecule is COc1ccc(C(NN)C(C)(C)C)cc1Br. The maximum Gasteiger partial charge on any atom is 0.133 e. The topological polar surface area (TPSA) is 47.3 Å². The summed E-state index contributed by atoms with van der Waals surface area (Å²) >= 11 is 3.48. The number of rotatable bonds is 3. The van der Waals surface area contributed by atoms with E-state index in [1.54, 1.807) is 7.11 Å². The fourth-order valence-corrected chi connectivity index (χ4v) is 2.27. The van der Waals surface area contributed by atoms with Gasteiger partial charge >= 0.3 is 0 Å². The number of ether oxygens (including phenoxy) is 1. The van der Waals surface area contributed by atoms with Crippen molar-refractivity contribution in [3.63, 3.8) is 0 Å². The number of hydrogen-bond donors (Lipinski definition) is 2. The molecule has 0 amide bonds. The Balaban J connectivity index is 3.08. The van der Waals surface area contributed by atoms with Crippen LogP contribution in [0, 0.1) is 5.41 Å². The van der Waals surface area contributed by atoms with Gasteiger partial charge in [0.2, 0.25) is 0 Å². The quantitative estimate of drug-likeness (QED) is 0.663.